The molecule has 0 heterocycles. The molecule has 0 saturated heterocycles. The number of amides is 1. The van der Waals surface area contributed by atoms with Crippen molar-refractivity contribution in [1.82, 2.24) is 5.32 Å². The molecule has 2 aromatic carbocycles. The minimum absolute atomic E-state index is 0.0575. The fourth-order valence-corrected chi connectivity index (χ4v) is 2.19. The van der Waals surface area contributed by atoms with Gasteiger partial charge in [-0.05, 0) is 24.6 Å². The molecule has 8 nitrogen and oxygen atoms in total. The Labute approximate surface area is 149 Å². The Bertz CT molecular complexity index is 761. The van der Waals surface area contributed by atoms with Crippen LogP contribution in [0.15, 0.2) is 54.6 Å². The van der Waals surface area contributed by atoms with E-state index in [9.17, 15) is 19.7 Å². The van der Waals surface area contributed by atoms with Crippen LogP contribution in [0.25, 0.3) is 0 Å². The van der Waals surface area contributed by atoms with Gasteiger partial charge in [-0.2, -0.15) is 0 Å². The number of esters is 1. The molecule has 1 atom stereocenters. The van der Waals surface area contributed by atoms with Crippen molar-refractivity contribution in [2.45, 2.75) is 19.4 Å². The van der Waals surface area contributed by atoms with Crippen molar-refractivity contribution in [3.05, 3.63) is 70.3 Å². The quantitative estimate of drug-likeness (QED) is 0.463. The van der Waals surface area contributed by atoms with Gasteiger partial charge >= 0.3 is 12.1 Å². The Hall–Kier alpha value is -3.42. The average molecular weight is 358 g/mol. The van der Waals surface area contributed by atoms with E-state index in [-0.39, 0.29) is 18.7 Å². The van der Waals surface area contributed by atoms with E-state index in [0.29, 0.717) is 11.3 Å². The van der Waals surface area contributed by atoms with E-state index < -0.39 is 23.0 Å². The number of nitro groups is 1. The minimum Gasteiger partial charge on any atom is -0.464 e. The Morgan fingerprint density at radius 2 is 1.77 bits per heavy atom. The van der Waals surface area contributed by atoms with Crippen molar-refractivity contribution in [3.8, 4) is 5.75 Å². The molecule has 0 radical (unpaired) electrons. The van der Waals surface area contributed by atoms with Gasteiger partial charge in [0.1, 0.15) is 11.8 Å². The molecule has 0 saturated carbocycles. The van der Waals surface area contributed by atoms with Gasteiger partial charge in [0.25, 0.3) is 5.69 Å². The third-order valence-electron chi connectivity index (χ3n) is 3.40. The molecular weight excluding hydrogens is 340 g/mol. The van der Waals surface area contributed by atoms with Gasteiger partial charge in [0.15, 0.2) is 0 Å². The third kappa shape index (κ3) is 5.59. The first-order valence-corrected chi connectivity index (χ1v) is 7.93. The lowest BCUT2D eigenvalue weighted by atomic mass is 10.1. The molecule has 1 amide bonds. The fraction of sp³-hybridized carbons (Fsp3) is 0.222. The summed E-state index contributed by atoms with van der Waals surface area (Å²) in [5.41, 5.74) is 0.576. The Morgan fingerprint density at radius 1 is 1.12 bits per heavy atom. The van der Waals surface area contributed by atoms with Crippen LogP contribution in [0, 0.1) is 10.1 Å². The van der Waals surface area contributed by atoms with Gasteiger partial charge in [-0.15, -0.1) is 0 Å². The van der Waals surface area contributed by atoms with Crippen LogP contribution < -0.4 is 10.1 Å². The van der Waals surface area contributed by atoms with Gasteiger partial charge in [0.2, 0.25) is 0 Å². The highest BCUT2D eigenvalue weighted by molar-refractivity contribution is 5.82. The summed E-state index contributed by atoms with van der Waals surface area (Å²) in [5, 5.41) is 13.2. The van der Waals surface area contributed by atoms with E-state index in [1.165, 1.54) is 24.3 Å². The monoisotopic (exact) mass is 358 g/mol. The van der Waals surface area contributed by atoms with Crippen molar-refractivity contribution in [2.75, 3.05) is 6.61 Å². The first kappa shape index (κ1) is 18.9. The lowest BCUT2D eigenvalue weighted by molar-refractivity contribution is -0.384. The van der Waals surface area contributed by atoms with E-state index in [1.54, 1.807) is 37.3 Å². The van der Waals surface area contributed by atoms with Crippen LogP contribution >= 0.6 is 0 Å². The molecule has 0 aromatic heterocycles. The molecule has 0 spiro atoms. The highest BCUT2D eigenvalue weighted by atomic mass is 16.6. The average Bonchev–Trinajstić information content (AvgIpc) is 2.62. The van der Waals surface area contributed by atoms with E-state index in [1.807, 2.05) is 0 Å². The second kappa shape index (κ2) is 9.16. The zero-order valence-corrected chi connectivity index (χ0v) is 14.1. The van der Waals surface area contributed by atoms with Crippen LogP contribution in [-0.4, -0.2) is 29.6 Å². The van der Waals surface area contributed by atoms with Gasteiger partial charge in [0.05, 0.1) is 11.5 Å². The van der Waals surface area contributed by atoms with E-state index in [4.69, 9.17) is 9.47 Å². The van der Waals surface area contributed by atoms with E-state index >= 15 is 0 Å². The number of nitrogens with zero attached hydrogens (tertiary/aromatic N) is 1. The van der Waals surface area contributed by atoms with Crippen molar-refractivity contribution >= 4 is 17.7 Å². The van der Waals surface area contributed by atoms with Crippen LogP contribution in [0.5, 0.6) is 5.75 Å². The van der Waals surface area contributed by atoms with Crippen LogP contribution in [0.2, 0.25) is 0 Å². The smallest absolute Gasteiger partial charge is 0.413 e. The van der Waals surface area contributed by atoms with Gasteiger partial charge in [-0.3, -0.25) is 10.1 Å². The molecular formula is C18H18N2O6. The van der Waals surface area contributed by atoms with E-state index in [0.717, 1.165) is 0 Å². The number of ether oxygens (including phenoxy) is 2. The number of benzene rings is 2. The molecule has 0 fully saturated rings. The Kier molecular flexibility index (Phi) is 6.67. The van der Waals surface area contributed by atoms with Crippen molar-refractivity contribution < 1.29 is 24.0 Å². The number of hydrogen-bond donors (Lipinski definition) is 1. The topological polar surface area (TPSA) is 108 Å². The lowest BCUT2D eigenvalue weighted by Gasteiger charge is -2.17. The first-order chi connectivity index (χ1) is 12.5. The maximum atomic E-state index is 12.1. The zero-order valence-electron chi connectivity index (χ0n) is 14.1. The standard InChI is InChI=1S/C18H18N2O6/c1-2-25-17(21)16(12-13-8-10-14(11-9-13)20(23)24)19-18(22)26-15-6-4-3-5-7-15/h3-11,16H,2,12H2,1H3,(H,19,22). The summed E-state index contributed by atoms with van der Waals surface area (Å²) >= 11 is 0. The summed E-state index contributed by atoms with van der Waals surface area (Å²) in [6, 6.07) is 13.1. The highest BCUT2D eigenvalue weighted by Gasteiger charge is 2.23. The Balaban J connectivity index is 2.06. The van der Waals surface area contributed by atoms with Crippen molar-refractivity contribution in [3.63, 3.8) is 0 Å². The van der Waals surface area contributed by atoms with Crippen molar-refractivity contribution in [1.29, 1.82) is 0 Å². The molecule has 136 valence electrons. The molecule has 0 aliphatic carbocycles. The summed E-state index contributed by atoms with van der Waals surface area (Å²) in [7, 11) is 0. The number of hydrogen-bond acceptors (Lipinski definition) is 6. The molecule has 26 heavy (non-hydrogen) atoms. The number of carbonyl (C=O) groups excluding carboxylic acids is 2. The summed E-state index contributed by atoms with van der Waals surface area (Å²) in [4.78, 5) is 34.3. The molecule has 1 N–H and O–H groups in total. The zero-order chi connectivity index (χ0) is 18.9. The maximum absolute atomic E-state index is 12.1. The molecule has 0 aliphatic rings. The number of nitrogens with one attached hydrogen (secondary N) is 1. The molecule has 0 aliphatic heterocycles. The van der Waals surface area contributed by atoms with Crippen LogP contribution in [-0.2, 0) is 16.0 Å². The molecule has 2 aromatic rings. The predicted octanol–water partition coefficient (Wildman–Crippen LogP) is 2.86. The second-order valence-corrected chi connectivity index (χ2v) is 5.28. The lowest BCUT2D eigenvalue weighted by Crippen LogP contribution is -2.44. The normalized spacial score (nSPS) is 11.3. The summed E-state index contributed by atoms with van der Waals surface area (Å²) in [6.07, 6.45) is -0.683. The Morgan fingerprint density at radius 3 is 2.35 bits per heavy atom. The van der Waals surface area contributed by atoms with Crippen LogP contribution in [0.4, 0.5) is 10.5 Å². The summed E-state index contributed by atoms with van der Waals surface area (Å²) in [5.74, 6) is -0.279. The predicted molar refractivity (Wildman–Crippen MR) is 92.8 cm³/mol. The number of nitro benzene ring substituents is 1. The van der Waals surface area contributed by atoms with Gasteiger partial charge in [-0.1, -0.05) is 30.3 Å². The van der Waals surface area contributed by atoms with Gasteiger partial charge < -0.3 is 14.8 Å². The molecule has 8 heteroatoms. The third-order valence-corrected chi connectivity index (χ3v) is 3.40. The SMILES string of the molecule is CCOC(=O)C(Cc1ccc([N+](=O)[O-])cc1)NC(=O)Oc1ccccc1. The summed E-state index contributed by atoms with van der Waals surface area (Å²) < 4.78 is 10.1. The molecule has 2 rings (SSSR count). The van der Waals surface area contributed by atoms with Crippen molar-refractivity contribution in [2.24, 2.45) is 0 Å². The summed E-state index contributed by atoms with van der Waals surface area (Å²) in [6.45, 7) is 1.81. The maximum Gasteiger partial charge on any atom is 0.413 e. The first-order valence-electron chi connectivity index (χ1n) is 7.93. The fourth-order valence-electron chi connectivity index (χ4n) is 2.19. The van der Waals surface area contributed by atoms with E-state index in [2.05, 4.69) is 5.32 Å². The number of para-hydroxylation sites is 1. The number of non-ortho nitro benzene ring substituents is 1. The minimum atomic E-state index is -0.979. The number of carbonyl (C=O) groups is 2. The van der Waals surface area contributed by atoms with Crippen LogP contribution in [0.1, 0.15) is 12.5 Å². The largest absolute Gasteiger partial charge is 0.464 e. The van der Waals surface area contributed by atoms with Crippen LogP contribution in [0.3, 0.4) is 0 Å². The second-order valence-electron chi connectivity index (χ2n) is 5.28. The molecule has 0 bridgehead atoms. The highest BCUT2D eigenvalue weighted by Crippen LogP contribution is 2.14. The molecule has 1 unspecified atom stereocenters. The van der Waals surface area contributed by atoms with Gasteiger partial charge in [0, 0.05) is 18.6 Å². The van der Waals surface area contributed by atoms with Gasteiger partial charge in [-0.25, -0.2) is 9.59 Å². The number of rotatable bonds is 7.